The summed E-state index contributed by atoms with van der Waals surface area (Å²) in [5.74, 6) is 0.285. The van der Waals surface area contributed by atoms with Crippen LogP contribution in [-0.2, 0) is 21.0 Å². The van der Waals surface area contributed by atoms with Crippen molar-refractivity contribution in [3.63, 3.8) is 0 Å². The number of carbonyl (C=O) groups excluding carboxylic acids is 1. The van der Waals surface area contributed by atoms with E-state index in [9.17, 15) is 26.4 Å². The van der Waals surface area contributed by atoms with E-state index >= 15 is 0 Å². The second kappa shape index (κ2) is 10.6. The Labute approximate surface area is 197 Å². The number of amides is 1. The predicted molar refractivity (Wildman–Crippen MR) is 122 cm³/mol. The van der Waals surface area contributed by atoms with Gasteiger partial charge in [-0.1, -0.05) is 19.9 Å². The van der Waals surface area contributed by atoms with Crippen LogP contribution in [0.25, 0.3) is 0 Å². The van der Waals surface area contributed by atoms with Gasteiger partial charge in [0.05, 0.1) is 10.5 Å². The summed E-state index contributed by atoms with van der Waals surface area (Å²) >= 11 is 0. The maximum Gasteiger partial charge on any atom is 0.416 e. The fourth-order valence-electron chi connectivity index (χ4n) is 3.40. The van der Waals surface area contributed by atoms with Gasteiger partial charge in [-0.15, -0.1) is 0 Å². The largest absolute Gasteiger partial charge is 0.484 e. The van der Waals surface area contributed by atoms with Gasteiger partial charge in [-0.3, -0.25) is 4.79 Å². The van der Waals surface area contributed by atoms with Gasteiger partial charge in [0.25, 0.3) is 5.91 Å². The topological polar surface area (TPSA) is 78.9 Å². The molecule has 11 heteroatoms. The molecular formula is C23H28F3N3O4S. The zero-order valence-electron chi connectivity index (χ0n) is 19.0. The van der Waals surface area contributed by atoms with E-state index in [0.29, 0.717) is 44.2 Å². The Kier molecular flexibility index (Phi) is 8.09. The number of nitrogens with zero attached hydrogens (tertiary/aromatic N) is 2. The van der Waals surface area contributed by atoms with E-state index in [1.165, 1.54) is 30.3 Å². The van der Waals surface area contributed by atoms with Crippen molar-refractivity contribution in [3.05, 3.63) is 54.1 Å². The molecule has 34 heavy (non-hydrogen) atoms. The summed E-state index contributed by atoms with van der Waals surface area (Å²) in [5.41, 5.74) is -0.234. The molecule has 1 amide bonds. The van der Waals surface area contributed by atoms with E-state index in [4.69, 9.17) is 4.74 Å². The highest BCUT2D eigenvalue weighted by atomic mass is 32.2. The van der Waals surface area contributed by atoms with E-state index in [1.807, 2.05) is 18.7 Å². The van der Waals surface area contributed by atoms with Crippen LogP contribution in [0.15, 0.2) is 53.4 Å². The number of anilines is 1. The lowest BCUT2D eigenvalue weighted by Crippen LogP contribution is -2.50. The second-order valence-electron chi connectivity index (χ2n) is 8.42. The van der Waals surface area contributed by atoms with Gasteiger partial charge in [0, 0.05) is 38.4 Å². The van der Waals surface area contributed by atoms with Crippen molar-refractivity contribution in [2.75, 3.05) is 44.2 Å². The Morgan fingerprint density at radius 3 is 2.29 bits per heavy atom. The molecule has 2 aromatic rings. The molecular weight excluding hydrogens is 471 g/mol. The van der Waals surface area contributed by atoms with E-state index in [2.05, 4.69) is 4.72 Å². The second-order valence-corrected chi connectivity index (χ2v) is 10.2. The number of ether oxygens (including phenoxy) is 1. The van der Waals surface area contributed by atoms with Crippen LogP contribution in [-0.4, -0.2) is 58.6 Å². The first-order chi connectivity index (χ1) is 16.0. The molecule has 0 unspecified atom stereocenters. The maximum absolute atomic E-state index is 13.0. The number of hydrogen-bond donors (Lipinski definition) is 1. The molecule has 1 fully saturated rings. The van der Waals surface area contributed by atoms with Gasteiger partial charge in [0.2, 0.25) is 10.0 Å². The smallest absolute Gasteiger partial charge is 0.416 e. The Hall–Kier alpha value is -2.79. The van der Waals surface area contributed by atoms with Crippen LogP contribution in [0.2, 0.25) is 0 Å². The molecule has 1 aliphatic rings. The summed E-state index contributed by atoms with van der Waals surface area (Å²) < 4.78 is 71.4. The highest BCUT2D eigenvalue weighted by Crippen LogP contribution is 2.31. The highest BCUT2D eigenvalue weighted by molar-refractivity contribution is 7.89. The number of sulfonamides is 1. The number of piperazine rings is 1. The molecule has 186 valence electrons. The first-order valence-corrected chi connectivity index (χ1v) is 12.4. The summed E-state index contributed by atoms with van der Waals surface area (Å²) in [5, 5.41) is 0. The van der Waals surface area contributed by atoms with Crippen molar-refractivity contribution >= 4 is 21.6 Å². The molecule has 0 atom stereocenters. The summed E-state index contributed by atoms with van der Waals surface area (Å²) in [4.78, 5) is 16.0. The Balaban J connectivity index is 1.49. The molecule has 1 saturated heterocycles. The highest BCUT2D eigenvalue weighted by Gasteiger charge is 2.31. The third-order valence-corrected chi connectivity index (χ3v) is 6.79. The number of carbonyl (C=O) groups is 1. The number of nitrogens with one attached hydrogen (secondary N) is 1. The van der Waals surface area contributed by atoms with Crippen molar-refractivity contribution in [2.45, 2.75) is 24.9 Å². The molecule has 0 saturated carbocycles. The van der Waals surface area contributed by atoms with Crippen LogP contribution in [0.1, 0.15) is 19.4 Å². The van der Waals surface area contributed by atoms with E-state index in [1.54, 1.807) is 11.0 Å². The number of alkyl halides is 3. The van der Waals surface area contributed by atoms with Gasteiger partial charge in [0.15, 0.2) is 6.61 Å². The van der Waals surface area contributed by atoms with Crippen molar-refractivity contribution in [1.82, 2.24) is 9.62 Å². The first-order valence-electron chi connectivity index (χ1n) is 10.9. The number of hydrogen-bond acceptors (Lipinski definition) is 5. The van der Waals surface area contributed by atoms with E-state index in [-0.39, 0.29) is 23.3 Å². The van der Waals surface area contributed by atoms with Gasteiger partial charge in [-0.05, 0) is 48.4 Å². The zero-order valence-corrected chi connectivity index (χ0v) is 19.8. The fourth-order valence-corrected chi connectivity index (χ4v) is 4.62. The van der Waals surface area contributed by atoms with Gasteiger partial charge in [-0.25, -0.2) is 13.1 Å². The molecule has 2 aromatic carbocycles. The summed E-state index contributed by atoms with van der Waals surface area (Å²) in [6, 6.07) is 10.9. The molecule has 0 aliphatic carbocycles. The van der Waals surface area contributed by atoms with E-state index < -0.39 is 21.8 Å². The van der Waals surface area contributed by atoms with Crippen molar-refractivity contribution in [2.24, 2.45) is 5.92 Å². The van der Waals surface area contributed by atoms with Gasteiger partial charge >= 0.3 is 6.18 Å². The van der Waals surface area contributed by atoms with E-state index in [0.717, 1.165) is 12.1 Å². The molecule has 1 aliphatic heterocycles. The summed E-state index contributed by atoms with van der Waals surface area (Å²) in [6.07, 6.45) is -4.40. The number of rotatable bonds is 8. The zero-order chi connectivity index (χ0) is 24.9. The Bertz CT molecular complexity index is 1080. The number of benzene rings is 2. The summed E-state index contributed by atoms with van der Waals surface area (Å²) in [6.45, 7) is 5.45. The SMILES string of the molecule is CC(C)CNS(=O)(=O)c1ccc(OCC(=O)N2CCN(c3cccc(C(F)(F)F)c3)CC2)cc1. The van der Waals surface area contributed by atoms with Crippen molar-refractivity contribution in [1.29, 1.82) is 0 Å². The number of halogens is 3. The average molecular weight is 500 g/mol. The minimum atomic E-state index is -4.40. The maximum atomic E-state index is 13.0. The lowest BCUT2D eigenvalue weighted by molar-refractivity contribution is -0.137. The van der Waals surface area contributed by atoms with Crippen LogP contribution in [0, 0.1) is 5.92 Å². The minimum Gasteiger partial charge on any atom is -0.484 e. The molecule has 0 radical (unpaired) electrons. The third-order valence-electron chi connectivity index (χ3n) is 5.35. The Morgan fingerprint density at radius 1 is 1.06 bits per heavy atom. The van der Waals surface area contributed by atoms with Crippen molar-refractivity contribution < 1.29 is 31.1 Å². The van der Waals surface area contributed by atoms with Crippen LogP contribution < -0.4 is 14.4 Å². The lowest BCUT2D eigenvalue weighted by atomic mass is 10.1. The Morgan fingerprint density at radius 2 is 1.71 bits per heavy atom. The van der Waals surface area contributed by atoms with Gasteiger partial charge in [-0.2, -0.15) is 13.2 Å². The molecule has 1 N–H and O–H groups in total. The lowest BCUT2D eigenvalue weighted by Gasteiger charge is -2.36. The average Bonchev–Trinajstić information content (AvgIpc) is 2.81. The molecule has 7 nitrogen and oxygen atoms in total. The van der Waals surface area contributed by atoms with Crippen LogP contribution in [0.4, 0.5) is 18.9 Å². The molecule has 3 rings (SSSR count). The van der Waals surface area contributed by atoms with Gasteiger partial charge in [0.1, 0.15) is 5.75 Å². The standard InChI is InChI=1S/C23H28F3N3O4S/c1-17(2)15-27-34(31,32)21-8-6-20(7-9-21)33-16-22(30)29-12-10-28(11-13-29)19-5-3-4-18(14-19)23(24,25)26/h3-9,14,17,27H,10-13,15-16H2,1-2H3. The normalized spacial score (nSPS) is 15.0. The summed E-state index contributed by atoms with van der Waals surface area (Å²) in [7, 11) is -3.61. The fraction of sp³-hybridized carbons (Fsp3) is 0.435. The van der Waals surface area contributed by atoms with Crippen LogP contribution in [0.5, 0.6) is 5.75 Å². The molecule has 0 bridgehead atoms. The van der Waals surface area contributed by atoms with Gasteiger partial charge < -0.3 is 14.5 Å². The molecule has 1 heterocycles. The monoisotopic (exact) mass is 499 g/mol. The predicted octanol–water partition coefficient (Wildman–Crippen LogP) is 3.37. The molecule has 0 aromatic heterocycles. The minimum absolute atomic E-state index is 0.109. The van der Waals surface area contributed by atoms with Crippen LogP contribution >= 0.6 is 0 Å². The third kappa shape index (κ3) is 6.86. The van der Waals surface area contributed by atoms with Crippen molar-refractivity contribution in [3.8, 4) is 5.75 Å². The van der Waals surface area contributed by atoms with Crippen LogP contribution in [0.3, 0.4) is 0 Å². The quantitative estimate of drug-likeness (QED) is 0.603. The molecule has 0 spiro atoms. The first kappa shape index (κ1) is 25.8.